The van der Waals surface area contributed by atoms with Crippen molar-refractivity contribution in [3.8, 4) is 5.75 Å². The van der Waals surface area contributed by atoms with Crippen LogP contribution in [0.4, 0.5) is 0 Å². The Bertz CT molecular complexity index is 490. The molecule has 0 bridgehead atoms. The van der Waals surface area contributed by atoms with Gasteiger partial charge in [0.05, 0.1) is 24.9 Å². The van der Waals surface area contributed by atoms with E-state index in [1.54, 1.807) is 6.07 Å². The average molecular weight is 292 g/mol. The second-order valence-corrected chi connectivity index (χ2v) is 5.69. The summed E-state index contributed by atoms with van der Waals surface area (Å²) >= 11 is 0. The molecule has 0 radical (unpaired) electrons. The number of nitrogens with zero attached hydrogens (tertiary/aromatic N) is 1. The highest BCUT2D eigenvalue weighted by Crippen LogP contribution is 2.19. The molecule has 0 aromatic heterocycles. The van der Waals surface area contributed by atoms with Crippen LogP contribution in [-0.2, 0) is 4.74 Å². The number of rotatable bonds is 4. The molecule has 1 amide bonds. The van der Waals surface area contributed by atoms with Crippen molar-refractivity contribution < 1.29 is 14.3 Å². The summed E-state index contributed by atoms with van der Waals surface area (Å²) in [7, 11) is 0. The van der Waals surface area contributed by atoms with Crippen LogP contribution in [0.15, 0.2) is 24.3 Å². The third kappa shape index (κ3) is 3.95. The van der Waals surface area contributed by atoms with Crippen molar-refractivity contribution in [1.82, 2.24) is 4.90 Å². The van der Waals surface area contributed by atoms with Crippen LogP contribution in [0, 0.1) is 0 Å². The number of carbonyl (C=O) groups is 1. The Kier molecular flexibility index (Phi) is 5.20. The van der Waals surface area contributed by atoms with Gasteiger partial charge in [0.25, 0.3) is 5.91 Å². The average Bonchev–Trinajstić information content (AvgIpc) is 2.46. The van der Waals surface area contributed by atoms with E-state index in [-0.39, 0.29) is 24.2 Å². The molecule has 116 valence electrons. The lowest BCUT2D eigenvalue weighted by Crippen LogP contribution is -2.52. The molecule has 0 aliphatic carbocycles. The van der Waals surface area contributed by atoms with Crippen LogP contribution in [0.25, 0.3) is 0 Å². The van der Waals surface area contributed by atoms with Crippen molar-refractivity contribution in [1.29, 1.82) is 0 Å². The lowest BCUT2D eigenvalue weighted by Gasteiger charge is -2.37. The summed E-state index contributed by atoms with van der Waals surface area (Å²) in [4.78, 5) is 14.5. The second kappa shape index (κ2) is 6.91. The molecule has 1 aromatic rings. The Balaban J connectivity index is 2.14. The number of hydrogen-bond acceptors (Lipinski definition) is 4. The second-order valence-electron chi connectivity index (χ2n) is 5.69. The van der Waals surface area contributed by atoms with Gasteiger partial charge in [-0.2, -0.15) is 0 Å². The van der Waals surface area contributed by atoms with E-state index >= 15 is 0 Å². The fraction of sp³-hybridized carbons (Fsp3) is 0.562. The maximum Gasteiger partial charge on any atom is 0.254 e. The smallest absolute Gasteiger partial charge is 0.254 e. The van der Waals surface area contributed by atoms with Gasteiger partial charge in [0, 0.05) is 18.7 Å². The molecule has 5 heteroatoms. The van der Waals surface area contributed by atoms with E-state index < -0.39 is 0 Å². The molecule has 2 atom stereocenters. The van der Waals surface area contributed by atoms with Gasteiger partial charge in [-0.05, 0) is 39.0 Å². The van der Waals surface area contributed by atoms with Crippen LogP contribution in [0.3, 0.4) is 0 Å². The Morgan fingerprint density at radius 1 is 1.52 bits per heavy atom. The molecule has 1 heterocycles. The summed E-state index contributed by atoms with van der Waals surface area (Å²) in [5.41, 5.74) is 6.28. The SMILES string of the molecule is CC(C)Oc1cccc(C(=O)N2CC(CN)OCC2C)c1. The standard InChI is InChI=1S/C16H24N2O3/c1-11(2)21-14-6-4-5-13(7-14)16(19)18-9-15(8-17)20-10-12(18)3/h4-7,11-12,15H,8-10,17H2,1-3H3. The summed E-state index contributed by atoms with van der Waals surface area (Å²) in [6.45, 7) is 7.39. The minimum atomic E-state index is -0.0831. The topological polar surface area (TPSA) is 64.8 Å². The third-order valence-electron chi connectivity index (χ3n) is 3.48. The van der Waals surface area contributed by atoms with E-state index in [0.29, 0.717) is 31.0 Å². The minimum Gasteiger partial charge on any atom is -0.491 e. The van der Waals surface area contributed by atoms with Gasteiger partial charge in [-0.25, -0.2) is 0 Å². The predicted molar refractivity (Wildman–Crippen MR) is 81.5 cm³/mol. The van der Waals surface area contributed by atoms with Crippen LogP contribution < -0.4 is 10.5 Å². The molecule has 1 aliphatic heterocycles. The van der Waals surface area contributed by atoms with Crippen molar-refractivity contribution in [2.75, 3.05) is 19.7 Å². The van der Waals surface area contributed by atoms with E-state index in [0.717, 1.165) is 0 Å². The Labute approximate surface area is 126 Å². The zero-order chi connectivity index (χ0) is 15.4. The Morgan fingerprint density at radius 3 is 2.95 bits per heavy atom. The van der Waals surface area contributed by atoms with Crippen LogP contribution >= 0.6 is 0 Å². The molecule has 0 spiro atoms. The van der Waals surface area contributed by atoms with Gasteiger partial charge in [0.2, 0.25) is 0 Å². The molecule has 1 saturated heterocycles. The van der Waals surface area contributed by atoms with Crippen LogP contribution in [-0.4, -0.2) is 48.8 Å². The number of amides is 1. The molecule has 2 N–H and O–H groups in total. The summed E-state index contributed by atoms with van der Waals surface area (Å²) in [6, 6.07) is 7.37. The molecule has 1 aromatic carbocycles. The molecule has 2 rings (SSSR count). The quantitative estimate of drug-likeness (QED) is 0.916. The van der Waals surface area contributed by atoms with Gasteiger partial charge < -0.3 is 20.1 Å². The highest BCUT2D eigenvalue weighted by molar-refractivity contribution is 5.94. The van der Waals surface area contributed by atoms with Gasteiger partial charge in [0.1, 0.15) is 5.75 Å². The van der Waals surface area contributed by atoms with Gasteiger partial charge >= 0.3 is 0 Å². The van der Waals surface area contributed by atoms with Crippen molar-refractivity contribution in [2.24, 2.45) is 5.73 Å². The fourth-order valence-corrected chi connectivity index (χ4v) is 2.38. The van der Waals surface area contributed by atoms with E-state index in [9.17, 15) is 4.79 Å². The predicted octanol–water partition coefficient (Wildman–Crippen LogP) is 1.66. The molecular formula is C16H24N2O3. The molecular weight excluding hydrogens is 268 g/mol. The largest absolute Gasteiger partial charge is 0.491 e. The summed E-state index contributed by atoms with van der Waals surface area (Å²) in [5, 5.41) is 0. The Hall–Kier alpha value is -1.59. The first-order chi connectivity index (χ1) is 10.0. The van der Waals surface area contributed by atoms with Gasteiger partial charge in [-0.3, -0.25) is 4.79 Å². The summed E-state index contributed by atoms with van der Waals surface area (Å²) in [5.74, 6) is 0.714. The van der Waals surface area contributed by atoms with E-state index in [2.05, 4.69) is 0 Å². The van der Waals surface area contributed by atoms with Crippen LogP contribution in [0.1, 0.15) is 31.1 Å². The first-order valence-electron chi connectivity index (χ1n) is 7.40. The molecule has 2 unspecified atom stereocenters. The molecule has 5 nitrogen and oxygen atoms in total. The first-order valence-corrected chi connectivity index (χ1v) is 7.40. The van der Waals surface area contributed by atoms with E-state index in [4.69, 9.17) is 15.2 Å². The lowest BCUT2D eigenvalue weighted by atomic mass is 10.1. The number of benzene rings is 1. The Morgan fingerprint density at radius 2 is 2.29 bits per heavy atom. The number of carbonyl (C=O) groups excluding carboxylic acids is 1. The summed E-state index contributed by atoms with van der Waals surface area (Å²) in [6.07, 6.45) is -0.000436. The van der Waals surface area contributed by atoms with Crippen LogP contribution in [0.5, 0.6) is 5.75 Å². The zero-order valence-electron chi connectivity index (χ0n) is 12.9. The maximum atomic E-state index is 12.7. The third-order valence-corrected chi connectivity index (χ3v) is 3.48. The molecule has 1 fully saturated rings. The van der Waals surface area contributed by atoms with Crippen molar-refractivity contribution >= 4 is 5.91 Å². The molecule has 1 aliphatic rings. The van der Waals surface area contributed by atoms with Crippen molar-refractivity contribution in [3.05, 3.63) is 29.8 Å². The van der Waals surface area contributed by atoms with Gasteiger partial charge in [0.15, 0.2) is 0 Å². The van der Waals surface area contributed by atoms with Crippen molar-refractivity contribution in [3.63, 3.8) is 0 Å². The van der Waals surface area contributed by atoms with Gasteiger partial charge in [-0.1, -0.05) is 6.07 Å². The number of ether oxygens (including phenoxy) is 2. The monoisotopic (exact) mass is 292 g/mol. The van der Waals surface area contributed by atoms with Crippen molar-refractivity contribution in [2.45, 2.75) is 39.0 Å². The van der Waals surface area contributed by atoms with Crippen LogP contribution in [0.2, 0.25) is 0 Å². The summed E-state index contributed by atoms with van der Waals surface area (Å²) < 4.78 is 11.2. The highest BCUT2D eigenvalue weighted by Gasteiger charge is 2.29. The number of hydrogen-bond donors (Lipinski definition) is 1. The number of nitrogens with two attached hydrogens (primary N) is 1. The minimum absolute atomic E-state index is 0.00143. The zero-order valence-corrected chi connectivity index (χ0v) is 12.9. The normalized spacial score (nSPS) is 22.4. The molecule has 21 heavy (non-hydrogen) atoms. The first kappa shape index (κ1) is 15.8. The highest BCUT2D eigenvalue weighted by atomic mass is 16.5. The van der Waals surface area contributed by atoms with Gasteiger partial charge in [-0.15, -0.1) is 0 Å². The number of morpholine rings is 1. The van der Waals surface area contributed by atoms with E-state index in [1.807, 2.05) is 43.9 Å². The van der Waals surface area contributed by atoms with E-state index in [1.165, 1.54) is 0 Å². The molecule has 0 saturated carbocycles. The fourth-order valence-electron chi connectivity index (χ4n) is 2.38. The lowest BCUT2D eigenvalue weighted by molar-refractivity contribution is -0.0426. The maximum absolute atomic E-state index is 12.7.